The Morgan fingerprint density at radius 2 is 1.95 bits per heavy atom. The zero-order chi connectivity index (χ0) is 15.1. The maximum Gasteiger partial charge on any atom is 0.293 e. The highest BCUT2D eigenvalue weighted by Gasteiger charge is 2.07. The van der Waals surface area contributed by atoms with Crippen molar-refractivity contribution in [2.75, 3.05) is 6.54 Å². The van der Waals surface area contributed by atoms with E-state index < -0.39 is 0 Å². The molecule has 1 N–H and O–H groups in total. The van der Waals surface area contributed by atoms with Gasteiger partial charge in [-0.05, 0) is 24.6 Å². The molecule has 1 amide bonds. The number of hydrogen-bond acceptors (Lipinski definition) is 3. The van der Waals surface area contributed by atoms with Crippen LogP contribution in [0.4, 0.5) is 0 Å². The van der Waals surface area contributed by atoms with Gasteiger partial charge in [-0.1, -0.05) is 30.3 Å². The molecule has 5 heteroatoms. The topological polar surface area (TPSA) is 60.3 Å². The predicted octanol–water partition coefficient (Wildman–Crippen LogP) is 1.56. The van der Waals surface area contributed by atoms with E-state index >= 15 is 0 Å². The molecule has 21 heavy (non-hydrogen) atoms. The first-order chi connectivity index (χ1) is 10.2. The second kappa shape index (κ2) is 7.28. The van der Waals surface area contributed by atoms with Gasteiger partial charge in [0.1, 0.15) is 13.2 Å². The number of nitrogens with one attached hydrogen (secondary N) is 1. The summed E-state index contributed by atoms with van der Waals surface area (Å²) < 4.78 is 6.88. The van der Waals surface area contributed by atoms with Gasteiger partial charge in [-0.15, -0.1) is 0 Å². The van der Waals surface area contributed by atoms with Crippen LogP contribution in [0.1, 0.15) is 12.5 Å². The molecule has 0 spiro atoms. The van der Waals surface area contributed by atoms with Gasteiger partial charge in [-0.3, -0.25) is 9.59 Å². The van der Waals surface area contributed by atoms with E-state index in [0.717, 1.165) is 5.56 Å². The van der Waals surface area contributed by atoms with Crippen molar-refractivity contribution in [2.24, 2.45) is 0 Å². The van der Waals surface area contributed by atoms with Crippen LogP contribution in [0.15, 0.2) is 53.5 Å². The fourth-order valence-corrected chi connectivity index (χ4v) is 1.89. The molecule has 1 aromatic carbocycles. The fourth-order valence-electron chi connectivity index (χ4n) is 1.89. The van der Waals surface area contributed by atoms with E-state index in [4.69, 9.17) is 4.74 Å². The molecule has 0 aliphatic heterocycles. The van der Waals surface area contributed by atoms with Crippen LogP contribution < -0.4 is 15.6 Å². The summed E-state index contributed by atoms with van der Waals surface area (Å²) in [6.45, 7) is 2.69. The molecule has 0 atom stereocenters. The minimum atomic E-state index is -0.306. The standard InChI is InChI=1S/C16H18N2O3/c1-2-17-15(19)11-18-10-6-9-14(16(18)20)21-12-13-7-4-3-5-8-13/h3-10H,2,11-12H2,1H3,(H,17,19). The van der Waals surface area contributed by atoms with Gasteiger partial charge >= 0.3 is 0 Å². The maximum absolute atomic E-state index is 12.2. The number of ether oxygens (including phenoxy) is 1. The van der Waals surface area contributed by atoms with Crippen molar-refractivity contribution in [2.45, 2.75) is 20.1 Å². The van der Waals surface area contributed by atoms with E-state index in [2.05, 4.69) is 5.32 Å². The first-order valence-corrected chi connectivity index (χ1v) is 6.83. The highest BCUT2D eigenvalue weighted by molar-refractivity contribution is 5.75. The Bertz CT molecular complexity index is 650. The van der Waals surface area contributed by atoms with Crippen molar-refractivity contribution in [3.05, 3.63) is 64.6 Å². The average Bonchev–Trinajstić information content (AvgIpc) is 2.49. The summed E-state index contributed by atoms with van der Waals surface area (Å²) in [5.41, 5.74) is 0.677. The minimum absolute atomic E-state index is 0.00475. The zero-order valence-electron chi connectivity index (χ0n) is 11.9. The van der Waals surface area contributed by atoms with E-state index in [1.807, 2.05) is 37.3 Å². The number of nitrogens with zero attached hydrogens (tertiary/aromatic N) is 1. The normalized spacial score (nSPS) is 10.1. The van der Waals surface area contributed by atoms with Crippen molar-refractivity contribution in [3.8, 4) is 5.75 Å². The van der Waals surface area contributed by atoms with E-state index in [0.29, 0.717) is 13.2 Å². The first kappa shape index (κ1) is 14.8. The summed E-state index contributed by atoms with van der Waals surface area (Å²) in [6.07, 6.45) is 1.58. The molecule has 0 unspecified atom stereocenters. The van der Waals surface area contributed by atoms with E-state index in [1.54, 1.807) is 18.3 Å². The lowest BCUT2D eigenvalue weighted by Crippen LogP contribution is -2.32. The Hall–Kier alpha value is -2.56. The minimum Gasteiger partial charge on any atom is -0.483 e. The quantitative estimate of drug-likeness (QED) is 0.876. The molecule has 1 heterocycles. The molecular formula is C16H18N2O3. The van der Waals surface area contributed by atoms with Gasteiger partial charge in [-0.2, -0.15) is 0 Å². The molecule has 0 aliphatic carbocycles. The summed E-state index contributed by atoms with van der Waals surface area (Å²) in [7, 11) is 0. The third-order valence-corrected chi connectivity index (χ3v) is 2.91. The molecule has 0 saturated carbocycles. The van der Waals surface area contributed by atoms with E-state index in [9.17, 15) is 9.59 Å². The van der Waals surface area contributed by atoms with Crippen LogP contribution in [0.5, 0.6) is 5.75 Å². The van der Waals surface area contributed by atoms with Gasteiger partial charge in [0.2, 0.25) is 5.91 Å². The monoisotopic (exact) mass is 286 g/mol. The molecule has 1 aromatic heterocycles. The molecular weight excluding hydrogens is 268 g/mol. The van der Waals surface area contributed by atoms with E-state index in [-0.39, 0.29) is 23.8 Å². The van der Waals surface area contributed by atoms with Crippen LogP contribution in [0.25, 0.3) is 0 Å². The summed E-state index contributed by atoms with van der Waals surface area (Å²) >= 11 is 0. The van der Waals surface area contributed by atoms with Crippen LogP contribution in [0.2, 0.25) is 0 Å². The van der Waals surface area contributed by atoms with Crippen molar-refractivity contribution >= 4 is 5.91 Å². The summed E-state index contributed by atoms with van der Waals surface area (Å²) in [5.74, 6) is 0.0467. The molecule has 0 bridgehead atoms. The number of hydrogen-bond donors (Lipinski definition) is 1. The summed E-state index contributed by atoms with van der Waals surface area (Å²) in [5, 5.41) is 2.66. The van der Waals surface area contributed by atoms with Gasteiger partial charge in [0.25, 0.3) is 5.56 Å². The molecule has 0 fully saturated rings. The highest BCUT2D eigenvalue weighted by atomic mass is 16.5. The lowest BCUT2D eigenvalue weighted by atomic mass is 10.2. The smallest absolute Gasteiger partial charge is 0.293 e. The molecule has 2 rings (SSSR count). The maximum atomic E-state index is 12.2. The lowest BCUT2D eigenvalue weighted by Gasteiger charge is -2.09. The van der Waals surface area contributed by atoms with Crippen LogP contribution in [0, 0.1) is 0 Å². The van der Waals surface area contributed by atoms with E-state index in [1.165, 1.54) is 4.57 Å². The number of carbonyl (C=O) groups excluding carboxylic acids is 1. The number of carbonyl (C=O) groups is 1. The predicted molar refractivity (Wildman–Crippen MR) is 80.2 cm³/mol. The fraction of sp³-hybridized carbons (Fsp3) is 0.250. The second-order valence-corrected chi connectivity index (χ2v) is 4.53. The summed E-state index contributed by atoms with van der Waals surface area (Å²) in [6, 6.07) is 12.9. The Morgan fingerprint density at radius 3 is 2.67 bits per heavy atom. The highest BCUT2D eigenvalue weighted by Crippen LogP contribution is 2.07. The van der Waals surface area contributed by atoms with Gasteiger partial charge in [-0.25, -0.2) is 0 Å². The van der Waals surface area contributed by atoms with Crippen molar-refractivity contribution in [1.82, 2.24) is 9.88 Å². The number of rotatable bonds is 6. The third-order valence-electron chi connectivity index (χ3n) is 2.91. The van der Waals surface area contributed by atoms with Gasteiger partial charge in [0.05, 0.1) is 0 Å². The Morgan fingerprint density at radius 1 is 1.19 bits per heavy atom. The SMILES string of the molecule is CCNC(=O)Cn1cccc(OCc2ccccc2)c1=O. The number of pyridine rings is 1. The average molecular weight is 286 g/mol. The van der Waals surface area contributed by atoms with Crippen LogP contribution in [-0.4, -0.2) is 17.0 Å². The molecule has 110 valence electrons. The van der Waals surface area contributed by atoms with Crippen LogP contribution in [0.3, 0.4) is 0 Å². The molecule has 5 nitrogen and oxygen atoms in total. The zero-order valence-corrected chi connectivity index (χ0v) is 11.9. The Balaban J connectivity index is 2.07. The third kappa shape index (κ3) is 4.21. The van der Waals surface area contributed by atoms with Gasteiger partial charge in [0.15, 0.2) is 5.75 Å². The van der Waals surface area contributed by atoms with Crippen molar-refractivity contribution in [3.63, 3.8) is 0 Å². The van der Waals surface area contributed by atoms with Gasteiger partial charge in [0, 0.05) is 12.7 Å². The van der Waals surface area contributed by atoms with Gasteiger partial charge < -0.3 is 14.6 Å². The van der Waals surface area contributed by atoms with Crippen molar-refractivity contribution < 1.29 is 9.53 Å². The number of amides is 1. The first-order valence-electron chi connectivity index (χ1n) is 6.83. The Labute approximate surface area is 123 Å². The molecule has 0 radical (unpaired) electrons. The molecule has 0 saturated heterocycles. The number of aromatic nitrogens is 1. The largest absolute Gasteiger partial charge is 0.483 e. The molecule has 2 aromatic rings. The van der Waals surface area contributed by atoms with Crippen LogP contribution >= 0.6 is 0 Å². The number of benzene rings is 1. The van der Waals surface area contributed by atoms with Crippen molar-refractivity contribution in [1.29, 1.82) is 0 Å². The number of likely N-dealkylation sites (N-methyl/N-ethyl adjacent to an activating group) is 1. The summed E-state index contributed by atoms with van der Waals surface area (Å²) in [4.78, 5) is 23.7. The Kier molecular flexibility index (Phi) is 5.15. The van der Waals surface area contributed by atoms with Crippen LogP contribution in [-0.2, 0) is 17.9 Å². The molecule has 0 aliphatic rings. The lowest BCUT2D eigenvalue weighted by molar-refractivity contribution is -0.121. The second-order valence-electron chi connectivity index (χ2n) is 4.53.